The van der Waals surface area contributed by atoms with Crippen molar-refractivity contribution in [2.24, 2.45) is 0 Å². The number of aromatic nitrogens is 6. The van der Waals surface area contributed by atoms with Crippen LogP contribution in [0.1, 0.15) is 52.9 Å². The van der Waals surface area contributed by atoms with Gasteiger partial charge in [0.05, 0.1) is 17.6 Å². The third-order valence-corrected chi connectivity index (χ3v) is 6.04. The zero-order valence-corrected chi connectivity index (χ0v) is 18.4. The number of rotatable bonds is 5. The predicted octanol–water partition coefficient (Wildman–Crippen LogP) is 5.04. The molecule has 0 amide bonds. The van der Waals surface area contributed by atoms with Crippen molar-refractivity contribution in [2.75, 3.05) is 0 Å². The Morgan fingerprint density at radius 1 is 1.06 bits per heavy atom. The molecule has 0 aliphatic carbocycles. The van der Waals surface area contributed by atoms with E-state index in [0.29, 0.717) is 55.3 Å². The van der Waals surface area contributed by atoms with Crippen molar-refractivity contribution in [3.05, 3.63) is 89.0 Å². The third-order valence-electron chi connectivity index (χ3n) is 6.04. The van der Waals surface area contributed by atoms with E-state index >= 15 is 0 Å². The molecule has 3 aromatic heterocycles. The molecule has 1 aliphatic rings. The van der Waals surface area contributed by atoms with Crippen LogP contribution in [0, 0.1) is 12.9 Å². The molecule has 10 heteroatoms. The van der Waals surface area contributed by atoms with Gasteiger partial charge in [0.1, 0.15) is 11.5 Å². The molecule has 0 N–H and O–H groups in total. The molecule has 176 valence electrons. The van der Waals surface area contributed by atoms with E-state index in [1.165, 1.54) is 18.5 Å². The number of pyridine rings is 1. The van der Waals surface area contributed by atoms with Gasteiger partial charge in [-0.1, -0.05) is 18.2 Å². The van der Waals surface area contributed by atoms with E-state index in [9.17, 15) is 17.6 Å². The first-order valence-corrected chi connectivity index (χ1v) is 11.1. The SMILES string of the molecule is Cc1cn(-c2ccc(CCc3nc4n(n3)CCC[C@@H]4c3ccccc3C(F)(F)F)nc2F)cn1. The Morgan fingerprint density at radius 3 is 2.62 bits per heavy atom. The Morgan fingerprint density at radius 2 is 1.88 bits per heavy atom. The maximum absolute atomic E-state index is 14.5. The van der Waals surface area contributed by atoms with Crippen LogP contribution in [0.25, 0.3) is 5.69 Å². The molecule has 1 atom stereocenters. The van der Waals surface area contributed by atoms with Crippen LogP contribution in [0.3, 0.4) is 0 Å². The first-order valence-electron chi connectivity index (χ1n) is 11.1. The summed E-state index contributed by atoms with van der Waals surface area (Å²) in [5.41, 5.74) is 1.22. The number of halogens is 4. The summed E-state index contributed by atoms with van der Waals surface area (Å²) in [4.78, 5) is 12.7. The van der Waals surface area contributed by atoms with E-state index in [1.807, 2.05) is 6.92 Å². The molecule has 0 unspecified atom stereocenters. The maximum atomic E-state index is 14.5. The topological polar surface area (TPSA) is 61.4 Å². The molecule has 34 heavy (non-hydrogen) atoms. The van der Waals surface area contributed by atoms with Crippen LogP contribution in [-0.4, -0.2) is 29.3 Å². The number of aryl methyl sites for hydroxylation is 4. The largest absolute Gasteiger partial charge is 0.416 e. The Balaban J connectivity index is 1.35. The number of nitrogens with zero attached hydrogens (tertiary/aromatic N) is 6. The zero-order chi connectivity index (χ0) is 23.9. The highest BCUT2D eigenvalue weighted by atomic mass is 19.4. The van der Waals surface area contributed by atoms with E-state index < -0.39 is 23.6 Å². The van der Waals surface area contributed by atoms with Gasteiger partial charge < -0.3 is 4.57 Å². The summed E-state index contributed by atoms with van der Waals surface area (Å²) in [5.74, 6) is -0.0112. The molecule has 6 nitrogen and oxygen atoms in total. The monoisotopic (exact) mass is 470 g/mol. The maximum Gasteiger partial charge on any atom is 0.416 e. The van der Waals surface area contributed by atoms with Crippen LogP contribution in [0.15, 0.2) is 48.9 Å². The number of fused-ring (bicyclic) bond motifs is 1. The molecule has 5 rings (SSSR count). The Bertz CT molecular complexity index is 1320. The lowest BCUT2D eigenvalue weighted by Gasteiger charge is -2.25. The Kier molecular flexibility index (Phi) is 5.66. The van der Waals surface area contributed by atoms with Gasteiger partial charge in [-0.25, -0.2) is 19.6 Å². The lowest BCUT2D eigenvalue weighted by atomic mass is 9.88. The summed E-state index contributed by atoms with van der Waals surface area (Å²) in [5, 5.41) is 4.51. The normalized spacial score (nSPS) is 16.0. The van der Waals surface area contributed by atoms with E-state index in [-0.39, 0.29) is 5.56 Å². The van der Waals surface area contributed by atoms with Crippen molar-refractivity contribution in [1.29, 1.82) is 0 Å². The molecule has 0 bridgehead atoms. The summed E-state index contributed by atoms with van der Waals surface area (Å²) in [6, 6.07) is 9.04. The average Bonchev–Trinajstić information content (AvgIpc) is 3.43. The summed E-state index contributed by atoms with van der Waals surface area (Å²) in [7, 11) is 0. The molecular formula is C24H22F4N6. The lowest BCUT2D eigenvalue weighted by molar-refractivity contribution is -0.138. The molecule has 4 aromatic rings. The number of hydrogen-bond acceptors (Lipinski definition) is 4. The highest BCUT2D eigenvalue weighted by Gasteiger charge is 2.37. The molecular weight excluding hydrogens is 448 g/mol. The fourth-order valence-corrected chi connectivity index (χ4v) is 4.45. The van der Waals surface area contributed by atoms with Gasteiger partial charge in [-0.05, 0) is 49.9 Å². The van der Waals surface area contributed by atoms with Gasteiger partial charge in [-0.15, -0.1) is 0 Å². The summed E-state index contributed by atoms with van der Waals surface area (Å²) in [6.45, 7) is 2.43. The molecule has 0 saturated heterocycles. The molecule has 0 saturated carbocycles. The first-order chi connectivity index (χ1) is 16.3. The van der Waals surface area contributed by atoms with Gasteiger partial charge in [0, 0.05) is 30.8 Å². The number of benzene rings is 1. The van der Waals surface area contributed by atoms with Crippen LogP contribution in [0.2, 0.25) is 0 Å². The van der Waals surface area contributed by atoms with E-state index in [0.717, 1.165) is 11.8 Å². The van der Waals surface area contributed by atoms with Gasteiger partial charge in [0.2, 0.25) is 5.95 Å². The smallest absolute Gasteiger partial charge is 0.302 e. The second-order valence-corrected chi connectivity index (χ2v) is 8.42. The minimum absolute atomic E-state index is 0.226. The van der Waals surface area contributed by atoms with Gasteiger partial charge in [-0.2, -0.15) is 22.7 Å². The second-order valence-electron chi connectivity index (χ2n) is 8.42. The standard InChI is InChI=1S/C24H22F4N6/c1-15-13-33(14-29-15)20-10-8-16(30-22(20)25)9-11-21-31-23-18(6-4-12-34(23)32-21)17-5-2-3-7-19(17)24(26,27)28/h2-3,5,7-8,10,13-14,18H,4,6,9,11-12H2,1H3/t18-/m1/s1. The number of hydrogen-bond donors (Lipinski definition) is 0. The van der Waals surface area contributed by atoms with Crippen LogP contribution in [-0.2, 0) is 25.6 Å². The molecule has 4 heterocycles. The summed E-state index contributed by atoms with van der Waals surface area (Å²) >= 11 is 0. The average molecular weight is 470 g/mol. The van der Waals surface area contributed by atoms with Crippen molar-refractivity contribution >= 4 is 0 Å². The summed E-state index contributed by atoms with van der Waals surface area (Å²) < 4.78 is 58.6. The fraction of sp³-hybridized carbons (Fsp3) is 0.333. The highest BCUT2D eigenvalue weighted by Crippen LogP contribution is 2.40. The van der Waals surface area contributed by atoms with Crippen molar-refractivity contribution in [3.63, 3.8) is 0 Å². The molecule has 0 spiro atoms. The van der Waals surface area contributed by atoms with Gasteiger partial charge in [-0.3, -0.25) is 0 Å². The molecule has 0 fully saturated rings. The van der Waals surface area contributed by atoms with Crippen LogP contribution >= 0.6 is 0 Å². The van der Waals surface area contributed by atoms with Crippen molar-refractivity contribution in [2.45, 2.75) is 51.2 Å². The number of imidazole rings is 1. The van der Waals surface area contributed by atoms with Crippen LogP contribution in [0.5, 0.6) is 0 Å². The van der Waals surface area contributed by atoms with Crippen molar-refractivity contribution in [3.8, 4) is 5.69 Å². The Hall–Kier alpha value is -3.56. The molecule has 1 aromatic carbocycles. The minimum atomic E-state index is -4.43. The second kappa shape index (κ2) is 8.66. The summed E-state index contributed by atoms with van der Waals surface area (Å²) in [6.07, 6.45) is 0.923. The van der Waals surface area contributed by atoms with E-state index in [4.69, 9.17) is 0 Å². The van der Waals surface area contributed by atoms with Crippen LogP contribution < -0.4 is 0 Å². The van der Waals surface area contributed by atoms with Gasteiger partial charge >= 0.3 is 6.18 Å². The van der Waals surface area contributed by atoms with Crippen molar-refractivity contribution in [1.82, 2.24) is 29.3 Å². The highest BCUT2D eigenvalue weighted by molar-refractivity contribution is 5.37. The predicted molar refractivity (Wildman–Crippen MR) is 116 cm³/mol. The molecule has 0 radical (unpaired) electrons. The van der Waals surface area contributed by atoms with Gasteiger partial charge in [0.25, 0.3) is 0 Å². The van der Waals surface area contributed by atoms with Crippen LogP contribution in [0.4, 0.5) is 17.6 Å². The van der Waals surface area contributed by atoms with Crippen molar-refractivity contribution < 1.29 is 17.6 Å². The quantitative estimate of drug-likeness (QED) is 0.303. The zero-order valence-electron chi connectivity index (χ0n) is 18.4. The lowest BCUT2D eigenvalue weighted by Crippen LogP contribution is -2.21. The van der Waals surface area contributed by atoms with E-state index in [1.54, 1.807) is 33.6 Å². The van der Waals surface area contributed by atoms with E-state index in [2.05, 4.69) is 20.1 Å². The molecule has 1 aliphatic heterocycles. The first kappa shape index (κ1) is 22.2. The van der Waals surface area contributed by atoms with Gasteiger partial charge in [0.15, 0.2) is 5.82 Å². The fourth-order valence-electron chi connectivity index (χ4n) is 4.45. The third kappa shape index (κ3) is 4.32. The minimum Gasteiger partial charge on any atom is -0.302 e. The number of alkyl halides is 3. The Labute approximate surface area is 193 Å².